The maximum absolute atomic E-state index is 3.15. The Kier molecular flexibility index (Phi) is 39.2. The molecule has 3 radical (unpaired) electrons. The predicted molar refractivity (Wildman–Crippen MR) is 197 cm³/mol. The zero-order valence-corrected chi connectivity index (χ0v) is 38.2. The van der Waals surface area contributed by atoms with Crippen molar-refractivity contribution in [3.8, 4) is 33.4 Å². The van der Waals surface area contributed by atoms with Gasteiger partial charge in [-0.15, -0.1) is 36.4 Å². The smallest absolute Gasteiger partial charge is 0 e. The minimum atomic E-state index is 0. The Morgan fingerprint density at radius 1 is 0.271 bits per heavy atom. The van der Waals surface area contributed by atoms with Gasteiger partial charge in [-0.25, -0.2) is 33.4 Å². The first-order valence-corrected chi connectivity index (χ1v) is 16.0. The van der Waals surface area contributed by atoms with Gasteiger partial charge in [0.05, 0.1) is 0 Å². The molecule has 0 amide bonds. The van der Waals surface area contributed by atoms with Gasteiger partial charge in [0.15, 0.2) is 0 Å². The summed E-state index contributed by atoms with van der Waals surface area (Å²) < 4.78 is 0. The van der Waals surface area contributed by atoms with Crippen LogP contribution in [0.4, 0.5) is 0 Å². The van der Waals surface area contributed by atoms with Gasteiger partial charge in [-0.2, -0.15) is 146 Å². The van der Waals surface area contributed by atoms with E-state index in [-0.39, 0.29) is 98.1 Å². The van der Waals surface area contributed by atoms with E-state index < -0.39 is 0 Å². The first kappa shape index (κ1) is 51.0. The predicted octanol–water partition coefficient (Wildman–Crippen LogP) is 13.1. The monoisotopic (exact) mass is 855 g/mol. The molecule has 6 aromatic rings. The summed E-state index contributed by atoms with van der Waals surface area (Å²) in [6.07, 6.45) is 3.75. The molecule has 0 saturated heterocycles. The Morgan fingerprint density at radius 2 is 0.396 bits per heavy atom. The summed E-state index contributed by atoms with van der Waals surface area (Å²) in [5.74, 6) is 0. The van der Waals surface area contributed by atoms with Gasteiger partial charge in [-0.3, -0.25) is 0 Å². The molecule has 243 valence electrons. The molecule has 6 aromatic carbocycles. The number of benzene rings is 6. The van der Waals surface area contributed by atoms with E-state index in [2.05, 4.69) is 77.9 Å². The molecule has 0 saturated carbocycles. The van der Waals surface area contributed by atoms with Crippen molar-refractivity contribution < 1.29 is 98.1 Å². The maximum atomic E-state index is 3.15. The van der Waals surface area contributed by atoms with Gasteiger partial charge < -0.3 is 0 Å². The van der Waals surface area contributed by atoms with Crippen LogP contribution in [-0.4, -0.2) is 0 Å². The summed E-state index contributed by atoms with van der Waals surface area (Å²) in [6, 6.07) is 66.4. The molecular formula is C45H48Y3-6. The Bertz CT molecular complexity index is 1130. The van der Waals surface area contributed by atoms with Crippen molar-refractivity contribution in [2.45, 2.75) is 60.8 Å². The molecule has 0 aliphatic heterocycles. The quantitative estimate of drug-likeness (QED) is 0.156. The molecule has 0 aliphatic carbocycles. The van der Waals surface area contributed by atoms with Crippen molar-refractivity contribution >= 4 is 0 Å². The molecule has 0 N–H and O–H groups in total. The van der Waals surface area contributed by atoms with E-state index in [1.165, 1.54) is 19.3 Å². The molecule has 0 unspecified atom stereocenters. The van der Waals surface area contributed by atoms with E-state index in [4.69, 9.17) is 0 Å². The average Bonchev–Trinajstić information content (AvgIpc) is 3.12. The third kappa shape index (κ3) is 24.7. The molecule has 0 aliphatic rings. The fourth-order valence-electron chi connectivity index (χ4n) is 3.37. The Balaban J connectivity index is -0.000000547. The van der Waals surface area contributed by atoms with E-state index in [9.17, 15) is 0 Å². The van der Waals surface area contributed by atoms with Crippen molar-refractivity contribution in [2.75, 3.05) is 0 Å². The zero-order chi connectivity index (χ0) is 32.8. The molecule has 0 atom stereocenters. The topological polar surface area (TPSA) is 0 Å². The van der Waals surface area contributed by atoms with E-state index in [1.54, 1.807) is 0 Å². The van der Waals surface area contributed by atoms with Crippen molar-refractivity contribution in [3.05, 3.63) is 182 Å². The minimum Gasteiger partial charge on any atom is -0.226 e. The molecule has 0 spiro atoms. The minimum absolute atomic E-state index is 0. The van der Waals surface area contributed by atoms with Crippen LogP contribution in [0.3, 0.4) is 0 Å². The Morgan fingerprint density at radius 3 is 0.479 bits per heavy atom. The van der Waals surface area contributed by atoms with Crippen molar-refractivity contribution in [2.24, 2.45) is 0 Å². The molecular weight excluding hydrogens is 807 g/mol. The van der Waals surface area contributed by atoms with Crippen LogP contribution in [0.15, 0.2) is 146 Å². The normalized spacial score (nSPS) is 8.38. The van der Waals surface area contributed by atoms with E-state index in [1.807, 2.05) is 146 Å². The van der Waals surface area contributed by atoms with Crippen molar-refractivity contribution in [1.29, 1.82) is 0 Å². The second kappa shape index (κ2) is 36.9. The van der Waals surface area contributed by atoms with Crippen LogP contribution in [0.5, 0.6) is 0 Å². The van der Waals surface area contributed by atoms with Crippen LogP contribution in [0.1, 0.15) is 60.8 Å². The zero-order valence-electron chi connectivity index (χ0n) is 29.7. The summed E-state index contributed by atoms with van der Waals surface area (Å²) >= 11 is 0. The summed E-state index contributed by atoms with van der Waals surface area (Å²) in [5, 5.41) is 0. The van der Waals surface area contributed by atoms with Gasteiger partial charge in [-0.05, 0) is 0 Å². The summed E-state index contributed by atoms with van der Waals surface area (Å²) in [4.78, 5) is 0. The van der Waals surface area contributed by atoms with Crippen LogP contribution in [0, 0.1) is 36.4 Å². The number of hydrogen-bond acceptors (Lipinski definition) is 0. The van der Waals surface area contributed by atoms with Crippen LogP contribution in [-0.2, 0) is 98.1 Å². The molecule has 0 fully saturated rings. The van der Waals surface area contributed by atoms with Gasteiger partial charge in [0.1, 0.15) is 0 Å². The molecule has 3 heteroatoms. The maximum Gasteiger partial charge on any atom is 0 e. The second-order valence-electron chi connectivity index (χ2n) is 9.78. The third-order valence-corrected chi connectivity index (χ3v) is 5.12. The largest absolute Gasteiger partial charge is 0.226 e. The summed E-state index contributed by atoms with van der Waals surface area (Å²) in [6.45, 7) is 12.8. The van der Waals surface area contributed by atoms with Crippen molar-refractivity contribution in [1.82, 2.24) is 0 Å². The first-order chi connectivity index (χ1) is 22.1. The van der Waals surface area contributed by atoms with Crippen molar-refractivity contribution in [3.63, 3.8) is 0 Å². The van der Waals surface area contributed by atoms with Crippen LogP contribution < -0.4 is 0 Å². The first-order valence-electron chi connectivity index (χ1n) is 16.0. The van der Waals surface area contributed by atoms with Gasteiger partial charge in [0, 0.05) is 98.1 Å². The molecule has 48 heavy (non-hydrogen) atoms. The molecule has 0 bridgehead atoms. The summed E-state index contributed by atoms with van der Waals surface area (Å²) in [5.41, 5.74) is 6.57. The number of hydrogen-bond donors (Lipinski definition) is 0. The van der Waals surface area contributed by atoms with E-state index in [0.29, 0.717) is 0 Å². The van der Waals surface area contributed by atoms with Crippen LogP contribution in [0.2, 0.25) is 0 Å². The summed E-state index contributed by atoms with van der Waals surface area (Å²) in [7, 11) is 0. The molecule has 0 heterocycles. The van der Waals surface area contributed by atoms with Crippen LogP contribution in [0.25, 0.3) is 33.4 Å². The fraction of sp³-hybridized carbons (Fsp3) is 0.200. The van der Waals surface area contributed by atoms with Gasteiger partial charge >= 0.3 is 0 Å². The standard InChI is InChI=1S/3C12H8.3C3H8.3Y/c3*1-3-7-11(8-4-1)12-9-5-2-6-10-12;3*1-3-2;;;/h3*1-7,9H;3*3H2,1-2H3;;;/q3*-2;;;;;;. The molecule has 6 rings (SSSR count). The second-order valence-corrected chi connectivity index (χ2v) is 9.78. The Labute approximate surface area is 369 Å². The average molecular weight is 856 g/mol. The third-order valence-electron chi connectivity index (χ3n) is 5.12. The number of rotatable bonds is 3. The Hall–Kier alpha value is -1.37. The van der Waals surface area contributed by atoms with Gasteiger partial charge in [0.25, 0.3) is 0 Å². The fourth-order valence-corrected chi connectivity index (χ4v) is 3.37. The SMILES string of the molecule is CCC.CCC.CCC.[Y].[Y].[Y].[c-]1ccccc1-c1[c-]cccc1.[c-]1ccccc1-c1[c-]cccc1.[c-]1ccccc1-c1[c-]cccc1. The van der Waals surface area contributed by atoms with Gasteiger partial charge in [0.2, 0.25) is 0 Å². The van der Waals surface area contributed by atoms with Crippen LogP contribution >= 0.6 is 0 Å². The van der Waals surface area contributed by atoms with Gasteiger partial charge in [-0.1, -0.05) is 60.8 Å². The molecule has 0 nitrogen and oxygen atoms in total. The van der Waals surface area contributed by atoms with E-state index in [0.717, 1.165) is 33.4 Å². The molecule has 0 aromatic heterocycles. The van der Waals surface area contributed by atoms with E-state index >= 15 is 0 Å².